The van der Waals surface area contributed by atoms with Crippen LogP contribution in [0.25, 0.3) is 6.08 Å². The highest BCUT2D eigenvalue weighted by atomic mass is 19.1. The minimum atomic E-state index is -0.580. The Morgan fingerprint density at radius 3 is 2.71 bits per heavy atom. The van der Waals surface area contributed by atoms with E-state index in [1.165, 1.54) is 12.2 Å². The molecule has 164 valence electrons. The number of nitrogens with zero attached hydrogens (tertiary/aromatic N) is 4. The van der Waals surface area contributed by atoms with Crippen molar-refractivity contribution in [3.05, 3.63) is 52.9 Å². The third-order valence-corrected chi connectivity index (χ3v) is 6.43. The average molecular weight is 430 g/mol. The van der Waals surface area contributed by atoms with Crippen LogP contribution in [0.1, 0.15) is 36.2 Å². The SMILES string of the molecule is Cc1nonc1CN(C)C(=O)[C@@H]1CC12CCN(C(=O)/C=C/c1cc(F)ccc1F)CC2. The number of carbonyl (C=O) groups is 2. The molecule has 1 aromatic heterocycles. The summed E-state index contributed by atoms with van der Waals surface area (Å²) in [7, 11) is 1.75. The molecule has 2 heterocycles. The number of aromatic nitrogens is 2. The highest BCUT2D eigenvalue weighted by molar-refractivity contribution is 5.92. The molecule has 4 rings (SSSR count). The molecule has 7 nitrogen and oxygen atoms in total. The molecule has 1 atom stereocenters. The van der Waals surface area contributed by atoms with Crippen LogP contribution in [0.15, 0.2) is 28.9 Å². The van der Waals surface area contributed by atoms with E-state index in [0.29, 0.717) is 31.0 Å². The first-order valence-electron chi connectivity index (χ1n) is 10.2. The van der Waals surface area contributed by atoms with Gasteiger partial charge in [-0.25, -0.2) is 13.4 Å². The Kier molecular flexibility index (Phi) is 5.60. The second-order valence-electron chi connectivity index (χ2n) is 8.43. The Labute approximate surface area is 178 Å². The lowest BCUT2D eigenvalue weighted by atomic mass is 9.90. The molecule has 2 amide bonds. The van der Waals surface area contributed by atoms with E-state index in [2.05, 4.69) is 14.9 Å². The van der Waals surface area contributed by atoms with Gasteiger partial charge in [0.1, 0.15) is 23.0 Å². The molecule has 0 bridgehead atoms. The minimum Gasteiger partial charge on any atom is -0.339 e. The molecule has 0 radical (unpaired) electrons. The number of aryl methyl sites for hydroxylation is 1. The van der Waals surface area contributed by atoms with Gasteiger partial charge in [-0.3, -0.25) is 9.59 Å². The summed E-state index contributed by atoms with van der Waals surface area (Å²) < 4.78 is 31.7. The number of hydrogen-bond donors (Lipinski definition) is 0. The summed E-state index contributed by atoms with van der Waals surface area (Å²) in [6, 6.07) is 3.12. The molecule has 1 saturated heterocycles. The lowest BCUT2D eigenvalue weighted by molar-refractivity contribution is -0.133. The standard InChI is InChI=1S/C22H24F2N4O3/c1-14-19(26-31-25-14)13-27(2)21(30)17-12-22(17)7-9-28(10-8-22)20(29)6-3-15-11-16(23)4-5-18(15)24/h3-6,11,17H,7-10,12-13H2,1-2H3/b6-3+/t17-/m0/s1. The molecule has 0 N–H and O–H groups in total. The minimum absolute atomic E-state index is 0.0373. The van der Waals surface area contributed by atoms with E-state index in [-0.39, 0.29) is 28.7 Å². The Balaban J connectivity index is 1.30. The molecule has 1 aromatic carbocycles. The van der Waals surface area contributed by atoms with Crippen molar-refractivity contribution in [3.8, 4) is 0 Å². The Bertz CT molecular complexity index is 1030. The molecule has 1 saturated carbocycles. The monoisotopic (exact) mass is 430 g/mol. The molecule has 1 aliphatic carbocycles. The van der Waals surface area contributed by atoms with Crippen molar-refractivity contribution >= 4 is 17.9 Å². The predicted molar refractivity (Wildman–Crippen MR) is 107 cm³/mol. The summed E-state index contributed by atoms with van der Waals surface area (Å²) in [4.78, 5) is 28.6. The fraction of sp³-hybridized carbons (Fsp3) is 0.455. The van der Waals surface area contributed by atoms with Crippen molar-refractivity contribution < 1.29 is 23.0 Å². The molecule has 2 aliphatic rings. The predicted octanol–water partition coefficient (Wildman–Crippen LogP) is 2.96. The first-order valence-corrected chi connectivity index (χ1v) is 10.2. The van der Waals surface area contributed by atoms with E-state index in [4.69, 9.17) is 0 Å². The fourth-order valence-electron chi connectivity index (χ4n) is 4.29. The Morgan fingerprint density at radius 2 is 2.03 bits per heavy atom. The number of likely N-dealkylation sites (tertiary alicyclic amines) is 1. The molecular weight excluding hydrogens is 406 g/mol. The highest BCUT2D eigenvalue weighted by Crippen LogP contribution is 2.60. The normalized spacial score (nSPS) is 19.7. The van der Waals surface area contributed by atoms with Gasteiger partial charge in [0.25, 0.3) is 0 Å². The quantitative estimate of drug-likeness (QED) is 0.682. The van der Waals surface area contributed by atoms with Crippen molar-refractivity contribution in [1.82, 2.24) is 20.1 Å². The van der Waals surface area contributed by atoms with Gasteiger partial charge in [0, 0.05) is 37.7 Å². The molecule has 1 spiro atoms. The smallest absolute Gasteiger partial charge is 0.246 e. The van der Waals surface area contributed by atoms with Crippen LogP contribution in [-0.4, -0.2) is 52.1 Å². The molecule has 31 heavy (non-hydrogen) atoms. The van der Waals surface area contributed by atoms with Gasteiger partial charge in [0.15, 0.2) is 0 Å². The Hall–Kier alpha value is -3.10. The summed E-state index contributed by atoms with van der Waals surface area (Å²) in [5.41, 5.74) is 1.29. The van der Waals surface area contributed by atoms with Gasteiger partial charge in [-0.05, 0) is 55.9 Å². The van der Waals surface area contributed by atoms with Crippen molar-refractivity contribution in [1.29, 1.82) is 0 Å². The molecule has 1 aliphatic heterocycles. The topological polar surface area (TPSA) is 79.5 Å². The second-order valence-corrected chi connectivity index (χ2v) is 8.43. The zero-order valence-electron chi connectivity index (χ0n) is 17.5. The van der Waals surface area contributed by atoms with Gasteiger partial charge in [-0.2, -0.15) is 0 Å². The van der Waals surface area contributed by atoms with E-state index in [1.54, 1.807) is 23.8 Å². The highest BCUT2D eigenvalue weighted by Gasteiger charge is 2.59. The van der Waals surface area contributed by atoms with Crippen molar-refractivity contribution in [2.24, 2.45) is 11.3 Å². The summed E-state index contributed by atoms with van der Waals surface area (Å²) in [5.74, 6) is -1.36. The number of piperidine rings is 1. The van der Waals surface area contributed by atoms with Crippen molar-refractivity contribution in [2.75, 3.05) is 20.1 Å². The van der Waals surface area contributed by atoms with E-state index in [9.17, 15) is 18.4 Å². The molecular formula is C22H24F2N4O3. The third-order valence-electron chi connectivity index (χ3n) is 6.43. The summed E-state index contributed by atoms with van der Waals surface area (Å²) in [5, 5.41) is 7.56. The number of benzene rings is 1. The van der Waals surface area contributed by atoms with Gasteiger partial charge in [0.05, 0.1) is 6.54 Å². The lowest BCUT2D eigenvalue weighted by Crippen LogP contribution is -2.40. The largest absolute Gasteiger partial charge is 0.339 e. The van der Waals surface area contributed by atoms with Gasteiger partial charge in [-0.1, -0.05) is 10.3 Å². The van der Waals surface area contributed by atoms with Crippen LogP contribution in [0.2, 0.25) is 0 Å². The van der Waals surface area contributed by atoms with Gasteiger partial charge in [0.2, 0.25) is 11.8 Å². The summed E-state index contributed by atoms with van der Waals surface area (Å²) >= 11 is 0. The van der Waals surface area contributed by atoms with Crippen molar-refractivity contribution in [2.45, 2.75) is 32.7 Å². The maximum Gasteiger partial charge on any atom is 0.246 e. The maximum atomic E-state index is 13.7. The maximum absolute atomic E-state index is 13.7. The second kappa shape index (κ2) is 8.20. The third kappa shape index (κ3) is 4.35. The molecule has 0 unspecified atom stereocenters. The van der Waals surface area contributed by atoms with Crippen LogP contribution in [-0.2, 0) is 16.1 Å². The first kappa shape index (κ1) is 21.1. The number of carbonyl (C=O) groups excluding carboxylic acids is 2. The van der Waals surface area contributed by atoms with Crippen LogP contribution in [0.4, 0.5) is 8.78 Å². The van der Waals surface area contributed by atoms with Crippen LogP contribution in [0.5, 0.6) is 0 Å². The lowest BCUT2D eigenvalue weighted by Gasteiger charge is -2.32. The van der Waals surface area contributed by atoms with Gasteiger partial charge < -0.3 is 9.80 Å². The molecule has 2 fully saturated rings. The average Bonchev–Trinajstić information content (AvgIpc) is 3.30. The Morgan fingerprint density at radius 1 is 1.29 bits per heavy atom. The van der Waals surface area contributed by atoms with Crippen LogP contribution < -0.4 is 0 Å². The van der Waals surface area contributed by atoms with Gasteiger partial charge in [-0.15, -0.1) is 0 Å². The van der Waals surface area contributed by atoms with Crippen molar-refractivity contribution in [3.63, 3.8) is 0 Å². The number of rotatable bonds is 5. The first-order chi connectivity index (χ1) is 14.8. The number of hydrogen-bond acceptors (Lipinski definition) is 5. The van der Waals surface area contributed by atoms with E-state index < -0.39 is 11.6 Å². The summed E-state index contributed by atoms with van der Waals surface area (Å²) in [6.07, 6.45) is 4.88. The zero-order valence-corrected chi connectivity index (χ0v) is 17.5. The van der Waals surface area contributed by atoms with Crippen LogP contribution in [0, 0.1) is 29.9 Å². The van der Waals surface area contributed by atoms with Crippen LogP contribution >= 0.6 is 0 Å². The summed E-state index contributed by atoms with van der Waals surface area (Å²) in [6.45, 7) is 3.21. The van der Waals surface area contributed by atoms with E-state index in [0.717, 1.165) is 37.5 Å². The zero-order chi connectivity index (χ0) is 22.2. The number of halogens is 2. The van der Waals surface area contributed by atoms with E-state index in [1.807, 2.05) is 0 Å². The van der Waals surface area contributed by atoms with E-state index >= 15 is 0 Å². The van der Waals surface area contributed by atoms with Gasteiger partial charge >= 0.3 is 0 Å². The number of amides is 2. The van der Waals surface area contributed by atoms with Crippen LogP contribution in [0.3, 0.4) is 0 Å². The molecule has 2 aromatic rings. The molecule has 9 heteroatoms. The fourth-order valence-corrected chi connectivity index (χ4v) is 4.29.